The van der Waals surface area contributed by atoms with Gasteiger partial charge in [0.2, 0.25) is 0 Å². The fourth-order valence-corrected chi connectivity index (χ4v) is 4.47. The molecule has 0 spiro atoms. The Hall–Kier alpha value is -2.03. The van der Waals surface area contributed by atoms with Crippen molar-refractivity contribution in [2.75, 3.05) is 20.3 Å². The molecule has 0 aliphatic carbocycles. The number of aliphatic hydroxyl groups excluding tert-OH is 1. The molecule has 3 N–H and O–H groups in total. The minimum atomic E-state index is -0.884. The number of fused-ring (bicyclic) bond motifs is 1. The maximum Gasteiger partial charge on any atom is 0.412 e. The highest BCUT2D eigenvalue weighted by Gasteiger charge is 2.51. The molecule has 182 valence electrons. The SMILES string of the molecule is CC.COc1c(C)cc2c(c1O)[C@H]([C@@H]1COC(C)(C)N1C(=O)OC(C)(C)C)N[C@H](CO)C2. The maximum absolute atomic E-state index is 13.1. The van der Waals surface area contributed by atoms with Crippen molar-refractivity contribution in [3.8, 4) is 11.5 Å². The van der Waals surface area contributed by atoms with Gasteiger partial charge in [-0.2, -0.15) is 0 Å². The molecule has 0 saturated carbocycles. The third-order valence-corrected chi connectivity index (χ3v) is 5.68. The predicted octanol–water partition coefficient (Wildman–Crippen LogP) is 3.66. The van der Waals surface area contributed by atoms with Gasteiger partial charge in [0.1, 0.15) is 11.3 Å². The topological polar surface area (TPSA) is 100 Å². The number of rotatable bonds is 3. The number of hydrogen-bond donors (Lipinski definition) is 3. The number of nitrogens with one attached hydrogen (secondary N) is 1. The first-order valence-electron chi connectivity index (χ1n) is 11.3. The van der Waals surface area contributed by atoms with Gasteiger partial charge in [-0.25, -0.2) is 4.79 Å². The highest BCUT2D eigenvalue weighted by Crippen LogP contribution is 2.46. The Kier molecular flexibility index (Phi) is 8.07. The van der Waals surface area contributed by atoms with Gasteiger partial charge in [-0.15, -0.1) is 0 Å². The second-order valence-corrected chi connectivity index (χ2v) is 9.55. The lowest BCUT2D eigenvalue weighted by molar-refractivity contribution is -0.0640. The van der Waals surface area contributed by atoms with Crippen LogP contribution >= 0.6 is 0 Å². The normalized spacial score (nSPS) is 24.3. The van der Waals surface area contributed by atoms with Crippen LogP contribution in [0.2, 0.25) is 0 Å². The number of aliphatic hydroxyl groups is 1. The van der Waals surface area contributed by atoms with Gasteiger partial charge < -0.3 is 29.7 Å². The van der Waals surface area contributed by atoms with E-state index in [0.29, 0.717) is 17.7 Å². The maximum atomic E-state index is 13.1. The number of methoxy groups -OCH3 is 1. The lowest BCUT2D eigenvalue weighted by atomic mass is 9.84. The largest absolute Gasteiger partial charge is 0.504 e. The molecule has 0 unspecified atom stereocenters. The molecule has 0 radical (unpaired) electrons. The summed E-state index contributed by atoms with van der Waals surface area (Å²) in [4.78, 5) is 14.7. The Morgan fingerprint density at radius 2 is 1.97 bits per heavy atom. The van der Waals surface area contributed by atoms with Crippen molar-refractivity contribution in [2.24, 2.45) is 0 Å². The number of phenols is 1. The fourth-order valence-electron chi connectivity index (χ4n) is 4.47. The van der Waals surface area contributed by atoms with E-state index in [4.69, 9.17) is 14.2 Å². The molecule has 3 rings (SSSR count). The van der Waals surface area contributed by atoms with Crippen molar-refractivity contribution in [2.45, 2.75) is 91.3 Å². The number of carbonyl (C=O) groups excluding carboxylic acids is 1. The summed E-state index contributed by atoms with van der Waals surface area (Å²) in [5.74, 6) is 0.459. The van der Waals surface area contributed by atoms with E-state index in [9.17, 15) is 15.0 Å². The molecule has 0 aromatic heterocycles. The second-order valence-electron chi connectivity index (χ2n) is 9.55. The van der Waals surface area contributed by atoms with Gasteiger partial charge in [0.25, 0.3) is 0 Å². The summed E-state index contributed by atoms with van der Waals surface area (Å²) in [6.45, 7) is 15.2. The van der Waals surface area contributed by atoms with Gasteiger partial charge in [-0.05, 0) is 59.1 Å². The van der Waals surface area contributed by atoms with E-state index in [1.54, 1.807) is 4.90 Å². The molecule has 8 heteroatoms. The molecule has 1 aromatic rings. The second kappa shape index (κ2) is 9.85. The minimum absolute atomic E-state index is 0.0511. The first kappa shape index (κ1) is 26.2. The Bertz CT molecular complexity index is 818. The van der Waals surface area contributed by atoms with Gasteiger partial charge in [0.05, 0.1) is 32.4 Å². The number of aromatic hydroxyl groups is 1. The van der Waals surface area contributed by atoms with Gasteiger partial charge >= 0.3 is 6.09 Å². The summed E-state index contributed by atoms with van der Waals surface area (Å²) >= 11 is 0. The first-order chi connectivity index (χ1) is 14.9. The van der Waals surface area contributed by atoms with Crippen molar-refractivity contribution in [1.29, 1.82) is 0 Å². The van der Waals surface area contributed by atoms with Crippen molar-refractivity contribution in [3.05, 3.63) is 22.8 Å². The molecule has 32 heavy (non-hydrogen) atoms. The molecule has 3 atom stereocenters. The Morgan fingerprint density at radius 3 is 2.50 bits per heavy atom. The van der Waals surface area contributed by atoms with Crippen molar-refractivity contribution < 1.29 is 29.2 Å². The van der Waals surface area contributed by atoms with Crippen molar-refractivity contribution in [3.63, 3.8) is 0 Å². The number of phenolic OH excluding ortho intramolecular Hbond substituents is 1. The molecule has 1 amide bonds. The van der Waals surface area contributed by atoms with E-state index in [0.717, 1.165) is 11.1 Å². The molecule has 8 nitrogen and oxygen atoms in total. The molecule has 1 saturated heterocycles. The van der Waals surface area contributed by atoms with E-state index in [1.807, 2.05) is 61.5 Å². The number of benzene rings is 1. The smallest absolute Gasteiger partial charge is 0.412 e. The monoisotopic (exact) mass is 452 g/mol. The first-order valence-corrected chi connectivity index (χ1v) is 11.3. The van der Waals surface area contributed by atoms with E-state index in [1.165, 1.54) is 7.11 Å². The summed E-state index contributed by atoms with van der Waals surface area (Å²) in [7, 11) is 1.52. The van der Waals surface area contributed by atoms with Crippen LogP contribution in [0.5, 0.6) is 11.5 Å². The number of nitrogens with zero attached hydrogens (tertiary/aromatic N) is 1. The van der Waals surface area contributed by atoms with Crippen LogP contribution in [-0.4, -0.2) is 64.9 Å². The summed E-state index contributed by atoms with van der Waals surface area (Å²) in [5.41, 5.74) is 0.863. The Labute approximate surface area is 191 Å². The minimum Gasteiger partial charge on any atom is -0.504 e. The third kappa shape index (κ3) is 5.13. The average Bonchev–Trinajstić information content (AvgIpc) is 3.02. The summed E-state index contributed by atoms with van der Waals surface area (Å²) in [6.07, 6.45) is 0.0764. The van der Waals surface area contributed by atoms with Gasteiger partial charge in [-0.1, -0.05) is 19.9 Å². The predicted molar refractivity (Wildman–Crippen MR) is 123 cm³/mol. The van der Waals surface area contributed by atoms with Gasteiger partial charge in [0, 0.05) is 11.6 Å². The zero-order valence-electron chi connectivity index (χ0n) is 20.9. The number of hydrogen-bond acceptors (Lipinski definition) is 7. The molecular weight excluding hydrogens is 412 g/mol. The molecule has 2 aliphatic rings. The van der Waals surface area contributed by atoms with Gasteiger partial charge in [-0.3, -0.25) is 4.90 Å². The average molecular weight is 453 g/mol. The van der Waals surface area contributed by atoms with Crippen LogP contribution in [-0.2, 0) is 15.9 Å². The molecule has 2 aliphatic heterocycles. The van der Waals surface area contributed by atoms with E-state index in [-0.39, 0.29) is 25.0 Å². The molecule has 1 aromatic carbocycles. The standard InChI is InChI=1S/C22H34N2O6.C2H6/c1-12-8-13-9-14(10-25)23-17(16(13)18(26)19(12)28-7)15-11-29-22(5,6)24(15)20(27)30-21(2,3)4;1-2/h8,14-15,17,23,25-26H,9-11H2,1-7H3;1-2H3/t14-,15-,17-;/m0./s1. The Balaban J connectivity index is 0.00000176. The van der Waals surface area contributed by atoms with Crippen LogP contribution in [0.4, 0.5) is 4.79 Å². The number of aryl methyl sites for hydroxylation is 1. The van der Waals surface area contributed by atoms with Crippen LogP contribution in [0.3, 0.4) is 0 Å². The van der Waals surface area contributed by atoms with Crippen LogP contribution in [0, 0.1) is 6.92 Å². The zero-order chi connectivity index (χ0) is 24.4. The number of carbonyl (C=O) groups is 1. The number of ether oxygens (including phenoxy) is 3. The number of amides is 1. The molecule has 0 bridgehead atoms. The van der Waals surface area contributed by atoms with Crippen molar-refractivity contribution >= 4 is 6.09 Å². The van der Waals surface area contributed by atoms with Crippen LogP contribution in [0.15, 0.2) is 6.07 Å². The van der Waals surface area contributed by atoms with Crippen LogP contribution < -0.4 is 10.1 Å². The van der Waals surface area contributed by atoms with E-state index in [2.05, 4.69) is 5.32 Å². The van der Waals surface area contributed by atoms with Gasteiger partial charge in [0.15, 0.2) is 11.5 Å². The third-order valence-electron chi connectivity index (χ3n) is 5.68. The molecular formula is C24H40N2O6. The lowest BCUT2D eigenvalue weighted by Crippen LogP contribution is -2.56. The zero-order valence-corrected chi connectivity index (χ0v) is 20.9. The highest BCUT2D eigenvalue weighted by molar-refractivity contribution is 5.70. The summed E-state index contributed by atoms with van der Waals surface area (Å²) in [6, 6.07) is 0.859. The van der Waals surface area contributed by atoms with Crippen LogP contribution in [0.25, 0.3) is 0 Å². The summed E-state index contributed by atoms with van der Waals surface area (Å²) in [5, 5.41) is 24.3. The quantitative estimate of drug-likeness (QED) is 0.643. The van der Waals surface area contributed by atoms with E-state index >= 15 is 0 Å². The van der Waals surface area contributed by atoms with Crippen molar-refractivity contribution in [1.82, 2.24) is 10.2 Å². The fraction of sp³-hybridized carbons (Fsp3) is 0.708. The highest BCUT2D eigenvalue weighted by atomic mass is 16.6. The van der Waals surface area contributed by atoms with Crippen LogP contribution in [0.1, 0.15) is 71.2 Å². The van der Waals surface area contributed by atoms with E-state index < -0.39 is 29.5 Å². The summed E-state index contributed by atoms with van der Waals surface area (Å²) < 4.78 is 17.0. The molecule has 2 heterocycles. The lowest BCUT2D eigenvalue weighted by Gasteiger charge is -2.41. The Morgan fingerprint density at radius 1 is 1.34 bits per heavy atom. The molecule has 1 fully saturated rings.